The maximum Gasteiger partial charge on any atom is 0.241 e. The first-order chi connectivity index (χ1) is 9.61. The third kappa shape index (κ3) is 3.34. The van der Waals surface area contributed by atoms with Crippen LogP contribution in [-0.2, 0) is 4.79 Å². The van der Waals surface area contributed by atoms with Crippen LogP contribution >= 0.6 is 11.6 Å². The highest BCUT2D eigenvalue weighted by molar-refractivity contribution is 6.31. The van der Waals surface area contributed by atoms with Gasteiger partial charge in [0, 0.05) is 5.02 Å². The SMILES string of the molecule is CCC[C@H](N)C(=O)Nc1cc(Cl)ccc1-n1cncn1. The number of anilines is 1. The molecule has 1 aromatic carbocycles. The lowest BCUT2D eigenvalue weighted by Crippen LogP contribution is -2.35. The molecule has 20 heavy (non-hydrogen) atoms. The highest BCUT2D eigenvalue weighted by Gasteiger charge is 2.15. The zero-order chi connectivity index (χ0) is 14.5. The van der Waals surface area contributed by atoms with Gasteiger partial charge in [-0.05, 0) is 24.6 Å². The zero-order valence-corrected chi connectivity index (χ0v) is 11.8. The molecule has 0 saturated heterocycles. The van der Waals surface area contributed by atoms with Crippen LogP contribution in [-0.4, -0.2) is 26.7 Å². The van der Waals surface area contributed by atoms with Gasteiger partial charge in [-0.15, -0.1) is 0 Å². The van der Waals surface area contributed by atoms with Gasteiger partial charge in [0.1, 0.15) is 12.7 Å². The molecule has 1 amide bonds. The maximum absolute atomic E-state index is 12.0. The summed E-state index contributed by atoms with van der Waals surface area (Å²) in [6.07, 6.45) is 4.44. The minimum Gasteiger partial charge on any atom is -0.323 e. The number of rotatable bonds is 5. The van der Waals surface area contributed by atoms with Crippen molar-refractivity contribution < 1.29 is 4.79 Å². The molecule has 0 fully saturated rings. The van der Waals surface area contributed by atoms with Crippen LogP contribution in [0.5, 0.6) is 0 Å². The van der Waals surface area contributed by atoms with E-state index >= 15 is 0 Å². The molecular formula is C13H16ClN5O. The molecular weight excluding hydrogens is 278 g/mol. The Morgan fingerprint density at radius 3 is 3.00 bits per heavy atom. The van der Waals surface area contributed by atoms with E-state index in [0.717, 1.165) is 6.42 Å². The fraction of sp³-hybridized carbons (Fsp3) is 0.308. The van der Waals surface area contributed by atoms with E-state index in [4.69, 9.17) is 17.3 Å². The van der Waals surface area contributed by atoms with Crippen molar-refractivity contribution in [2.75, 3.05) is 5.32 Å². The van der Waals surface area contributed by atoms with Gasteiger partial charge < -0.3 is 11.1 Å². The fourth-order valence-corrected chi connectivity index (χ4v) is 1.98. The molecule has 0 saturated carbocycles. The summed E-state index contributed by atoms with van der Waals surface area (Å²) in [6, 6.07) is 4.61. The minimum absolute atomic E-state index is 0.240. The monoisotopic (exact) mass is 293 g/mol. The summed E-state index contributed by atoms with van der Waals surface area (Å²) in [5.41, 5.74) is 7.04. The average molecular weight is 294 g/mol. The van der Waals surface area contributed by atoms with Crippen molar-refractivity contribution in [1.82, 2.24) is 14.8 Å². The van der Waals surface area contributed by atoms with E-state index in [1.54, 1.807) is 29.2 Å². The number of carbonyl (C=O) groups excluding carboxylic acids is 1. The summed E-state index contributed by atoms with van der Waals surface area (Å²) >= 11 is 5.97. The van der Waals surface area contributed by atoms with E-state index in [1.807, 2.05) is 6.92 Å². The van der Waals surface area contributed by atoms with Gasteiger partial charge in [0.2, 0.25) is 5.91 Å². The Labute approximate surface area is 121 Å². The Balaban J connectivity index is 2.26. The number of hydrogen-bond acceptors (Lipinski definition) is 4. The molecule has 0 bridgehead atoms. The van der Waals surface area contributed by atoms with Crippen LogP contribution in [0.3, 0.4) is 0 Å². The van der Waals surface area contributed by atoms with E-state index in [0.29, 0.717) is 22.8 Å². The zero-order valence-electron chi connectivity index (χ0n) is 11.1. The summed E-state index contributed by atoms with van der Waals surface area (Å²) in [5, 5.41) is 7.35. The van der Waals surface area contributed by atoms with Crippen LogP contribution in [0, 0.1) is 0 Å². The number of nitrogens with one attached hydrogen (secondary N) is 1. The molecule has 0 aliphatic carbocycles. The fourth-order valence-electron chi connectivity index (χ4n) is 1.81. The number of aromatic nitrogens is 3. The Morgan fingerprint density at radius 2 is 2.35 bits per heavy atom. The van der Waals surface area contributed by atoms with Gasteiger partial charge in [0.25, 0.3) is 0 Å². The van der Waals surface area contributed by atoms with Gasteiger partial charge in [0.15, 0.2) is 0 Å². The summed E-state index contributed by atoms with van der Waals surface area (Å²) in [7, 11) is 0. The molecule has 6 nitrogen and oxygen atoms in total. The van der Waals surface area contributed by atoms with Crippen molar-refractivity contribution in [3.63, 3.8) is 0 Å². The van der Waals surface area contributed by atoms with Gasteiger partial charge >= 0.3 is 0 Å². The number of carbonyl (C=O) groups is 1. The third-order valence-electron chi connectivity index (χ3n) is 2.82. The van der Waals surface area contributed by atoms with E-state index in [-0.39, 0.29) is 5.91 Å². The van der Waals surface area contributed by atoms with Crippen LogP contribution in [0.4, 0.5) is 5.69 Å². The van der Waals surface area contributed by atoms with Crippen molar-refractivity contribution in [3.05, 3.63) is 35.9 Å². The van der Waals surface area contributed by atoms with E-state index < -0.39 is 6.04 Å². The van der Waals surface area contributed by atoms with Gasteiger partial charge in [0.05, 0.1) is 17.4 Å². The molecule has 0 spiro atoms. The number of halogens is 1. The van der Waals surface area contributed by atoms with Gasteiger partial charge in [-0.2, -0.15) is 5.10 Å². The first-order valence-corrected chi connectivity index (χ1v) is 6.70. The topological polar surface area (TPSA) is 85.8 Å². The van der Waals surface area contributed by atoms with Crippen LogP contribution in [0.15, 0.2) is 30.9 Å². The number of benzene rings is 1. The molecule has 0 aliphatic heterocycles. The second-order valence-corrected chi connectivity index (χ2v) is 4.82. The number of hydrogen-bond donors (Lipinski definition) is 2. The molecule has 2 aromatic rings. The summed E-state index contributed by atoms with van der Waals surface area (Å²) in [4.78, 5) is 15.9. The standard InChI is InChI=1S/C13H16ClN5O/c1-2-3-10(15)13(20)18-11-6-9(14)4-5-12(11)19-8-16-7-17-19/h4-8,10H,2-3,15H2,1H3,(H,18,20)/t10-/m0/s1. The van der Waals surface area contributed by atoms with Crippen LogP contribution in [0.1, 0.15) is 19.8 Å². The van der Waals surface area contributed by atoms with Crippen molar-refractivity contribution >= 4 is 23.2 Å². The number of nitrogens with zero attached hydrogens (tertiary/aromatic N) is 3. The van der Waals surface area contributed by atoms with Crippen LogP contribution in [0.2, 0.25) is 5.02 Å². The molecule has 1 atom stereocenters. The van der Waals surface area contributed by atoms with Crippen molar-refractivity contribution in [1.29, 1.82) is 0 Å². The smallest absolute Gasteiger partial charge is 0.241 e. The molecule has 7 heteroatoms. The second kappa shape index (κ2) is 6.49. The number of nitrogens with two attached hydrogens (primary N) is 1. The van der Waals surface area contributed by atoms with Crippen LogP contribution in [0.25, 0.3) is 5.69 Å². The lowest BCUT2D eigenvalue weighted by atomic mass is 10.1. The van der Waals surface area contributed by atoms with E-state index in [2.05, 4.69) is 15.4 Å². The first kappa shape index (κ1) is 14.5. The normalized spacial score (nSPS) is 12.2. The quantitative estimate of drug-likeness (QED) is 0.882. The molecule has 106 valence electrons. The van der Waals surface area contributed by atoms with Gasteiger partial charge in [-0.25, -0.2) is 9.67 Å². The third-order valence-corrected chi connectivity index (χ3v) is 3.05. The molecule has 3 N–H and O–H groups in total. The van der Waals surface area contributed by atoms with Crippen molar-refractivity contribution in [2.45, 2.75) is 25.8 Å². The Hall–Kier alpha value is -1.92. The molecule has 1 heterocycles. The summed E-state index contributed by atoms with van der Waals surface area (Å²) in [6.45, 7) is 1.98. The summed E-state index contributed by atoms with van der Waals surface area (Å²) < 4.78 is 1.55. The highest BCUT2D eigenvalue weighted by Crippen LogP contribution is 2.24. The van der Waals surface area contributed by atoms with Crippen LogP contribution < -0.4 is 11.1 Å². The predicted molar refractivity (Wildman–Crippen MR) is 77.9 cm³/mol. The van der Waals surface area contributed by atoms with E-state index in [1.165, 1.54) is 6.33 Å². The molecule has 2 rings (SSSR count). The average Bonchev–Trinajstić information content (AvgIpc) is 2.93. The Morgan fingerprint density at radius 1 is 1.55 bits per heavy atom. The highest BCUT2D eigenvalue weighted by atomic mass is 35.5. The van der Waals surface area contributed by atoms with Gasteiger partial charge in [-0.1, -0.05) is 24.9 Å². The second-order valence-electron chi connectivity index (χ2n) is 4.39. The first-order valence-electron chi connectivity index (χ1n) is 6.32. The number of amides is 1. The maximum atomic E-state index is 12.0. The van der Waals surface area contributed by atoms with Crippen molar-refractivity contribution in [3.8, 4) is 5.69 Å². The lowest BCUT2D eigenvalue weighted by Gasteiger charge is -2.14. The summed E-state index contributed by atoms with van der Waals surface area (Å²) in [5.74, 6) is -0.240. The Bertz CT molecular complexity index is 584. The molecule has 0 unspecified atom stereocenters. The van der Waals surface area contributed by atoms with Gasteiger partial charge in [-0.3, -0.25) is 4.79 Å². The molecule has 1 aromatic heterocycles. The lowest BCUT2D eigenvalue weighted by molar-refractivity contribution is -0.117. The largest absolute Gasteiger partial charge is 0.323 e. The minimum atomic E-state index is -0.539. The van der Waals surface area contributed by atoms with E-state index in [9.17, 15) is 4.79 Å². The van der Waals surface area contributed by atoms with Crippen molar-refractivity contribution in [2.24, 2.45) is 5.73 Å². The Kier molecular flexibility index (Phi) is 4.70. The molecule has 0 aliphatic rings. The molecule has 0 radical (unpaired) electrons. The predicted octanol–water partition coefficient (Wildman–Crippen LogP) is 1.99.